The predicted molar refractivity (Wildman–Crippen MR) is 126 cm³/mol. The van der Waals surface area contributed by atoms with Gasteiger partial charge in [0.15, 0.2) is 5.65 Å². The van der Waals surface area contributed by atoms with Crippen LogP contribution in [0, 0.1) is 19.8 Å². The molecule has 0 spiro atoms. The van der Waals surface area contributed by atoms with Crippen molar-refractivity contribution in [2.24, 2.45) is 5.92 Å². The number of hydrogen-bond donors (Lipinski definition) is 1. The van der Waals surface area contributed by atoms with Gasteiger partial charge < -0.3 is 10.2 Å². The number of amides is 2. The van der Waals surface area contributed by atoms with Gasteiger partial charge in [-0.3, -0.25) is 14.6 Å². The fourth-order valence-corrected chi connectivity index (χ4v) is 4.49. The summed E-state index contributed by atoms with van der Waals surface area (Å²) in [4.78, 5) is 35.7. The number of hydrogen-bond acceptors (Lipinski definition) is 5. The zero-order valence-corrected chi connectivity index (χ0v) is 19.8. The Bertz CT molecular complexity index is 1150. The van der Waals surface area contributed by atoms with Crippen LogP contribution in [0.5, 0.6) is 0 Å². The number of rotatable bonds is 7. The highest BCUT2D eigenvalue weighted by Gasteiger charge is 2.30. The van der Waals surface area contributed by atoms with Crippen LogP contribution in [0.3, 0.4) is 0 Å². The van der Waals surface area contributed by atoms with Gasteiger partial charge in [-0.25, -0.2) is 9.50 Å². The summed E-state index contributed by atoms with van der Waals surface area (Å²) < 4.78 is 1.89. The van der Waals surface area contributed by atoms with Crippen LogP contribution in [0.2, 0.25) is 0 Å². The highest BCUT2D eigenvalue weighted by molar-refractivity contribution is 5.78. The number of fused-ring (bicyclic) bond motifs is 1. The summed E-state index contributed by atoms with van der Waals surface area (Å²) in [5.41, 5.74) is 5.62. The minimum Gasteiger partial charge on any atom is -0.350 e. The maximum Gasteiger partial charge on any atom is 0.225 e. The number of nitrogens with one attached hydrogen (secondary N) is 1. The van der Waals surface area contributed by atoms with Crippen LogP contribution in [0.15, 0.2) is 30.5 Å². The molecule has 3 aromatic heterocycles. The lowest BCUT2D eigenvalue weighted by atomic mass is 10.1. The molecule has 174 valence electrons. The lowest BCUT2D eigenvalue weighted by Crippen LogP contribution is -2.32. The van der Waals surface area contributed by atoms with Gasteiger partial charge in [0.1, 0.15) is 0 Å². The Kier molecular flexibility index (Phi) is 6.72. The molecule has 4 rings (SSSR count). The molecule has 2 amide bonds. The minimum atomic E-state index is -0.0124. The van der Waals surface area contributed by atoms with Gasteiger partial charge in [-0.1, -0.05) is 19.9 Å². The molecule has 1 aliphatic heterocycles. The monoisotopic (exact) mass is 448 g/mol. The zero-order valence-electron chi connectivity index (χ0n) is 19.8. The molecular formula is C25H32N6O2. The first kappa shape index (κ1) is 22.9. The van der Waals surface area contributed by atoms with Gasteiger partial charge in [-0.05, 0) is 44.4 Å². The summed E-state index contributed by atoms with van der Waals surface area (Å²) in [7, 11) is 0. The van der Waals surface area contributed by atoms with Gasteiger partial charge in [0.25, 0.3) is 0 Å². The van der Waals surface area contributed by atoms with Crippen LogP contribution >= 0.6 is 0 Å². The number of likely N-dealkylation sites (tertiary alicyclic amines) is 1. The molecule has 8 nitrogen and oxygen atoms in total. The molecular weight excluding hydrogens is 416 g/mol. The summed E-state index contributed by atoms with van der Waals surface area (Å²) in [6, 6.07) is 7.70. The highest BCUT2D eigenvalue weighted by Crippen LogP contribution is 2.28. The fourth-order valence-electron chi connectivity index (χ4n) is 4.49. The number of carbonyl (C=O) groups is 2. The Morgan fingerprint density at radius 1 is 1.24 bits per heavy atom. The molecule has 3 aromatic rings. The normalized spacial score (nSPS) is 16.0. The molecule has 0 unspecified atom stereocenters. The van der Waals surface area contributed by atoms with Crippen molar-refractivity contribution < 1.29 is 9.59 Å². The van der Waals surface area contributed by atoms with E-state index in [0.717, 1.165) is 47.0 Å². The third-order valence-corrected chi connectivity index (χ3v) is 6.39. The molecule has 1 saturated heterocycles. The predicted octanol–water partition coefficient (Wildman–Crippen LogP) is 2.96. The van der Waals surface area contributed by atoms with E-state index in [0.29, 0.717) is 25.9 Å². The molecule has 1 aliphatic rings. The molecule has 0 saturated carbocycles. The van der Waals surface area contributed by atoms with Crippen molar-refractivity contribution in [3.63, 3.8) is 0 Å². The van der Waals surface area contributed by atoms with Gasteiger partial charge in [0.05, 0.1) is 17.9 Å². The lowest BCUT2D eigenvalue weighted by molar-refractivity contribution is -0.133. The molecule has 0 radical (unpaired) electrons. The first-order valence-electron chi connectivity index (χ1n) is 11.6. The fraction of sp³-hybridized carbons (Fsp3) is 0.480. The van der Waals surface area contributed by atoms with E-state index in [9.17, 15) is 9.59 Å². The first-order valence-corrected chi connectivity index (χ1v) is 11.6. The second-order valence-electron chi connectivity index (χ2n) is 9.12. The Balaban J connectivity index is 1.43. The number of nitrogens with zero attached hydrogens (tertiary/aromatic N) is 5. The maximum absolute atomic E-state index is 12.4. The van der Waals surface area contributed by atoms with Crippen molar-refractivity contribution in [2.45, 2.75) is 59.4 Å². The molecule has 0 aliphatic carbocycles. The Morgan fingerprint density at radius 2 is 2.06 bits per heavy atom. The Labute approximate surface area is 194 Å². The van der Waals surface area contributed by atoms with Gasteiger partial charge >= 0.3 is 0 Å². The van der Waals surface area contributed by atoms with E-state index in [2.05, 4.69) is 10.3 Å². The van der Waals surface area contributed by atoms with Gasteiger partial charge in [-0.15, -0.1) is 0 Å². The van der Waals surface area contributed by atoms with Gasteiger partial charge in [0.2, 0.25) is 11.8 Å². The van der Waals surface area contributed by atoms with Gasteiger partial charge in [0, 0.05) is 55.0 Å². The topological polar surface area (TPSA) is 92.5 Å². The molecule has 1 N–H and O–H groups in total. The third-order valence-electron chi connectivity index (χ3n) is 6.39. The summed E-state index contributed by atoms with van der Waals surface area (Å²) >= 11 is 0. The first-order chi connectivity index (χ1) is 15.8. The number of aromatic nitrogens is 4. The van der Waals surface area contributed by atoms with Crippen molar-refractivity contribution in [1.82, 2.24) is 29.8 Å². The summed E-state index contributed by atoms with van der Waals surface area (Å²) in [5.74, 6) is 0.437. The smallest absolute Gasteiger partial charge is 0.225 e. The van der Waals surface area contributed by atoms with Crippen molar-refractivity contribution in [2.75, 3.05) is 13.1 Å². The maximum atomic E-state index is 12.4. The lowest BCUT2D eigenvalue weighted by Gasteiger charge is -2.18. The summed E-state index contributed by atoms with van der Waals surface area (Å²) in [6.07, 6.45) is 3.62. The van der Waals surface area contributed by atoms with E-state index in [1.165, 1.54) is 0 Å². The van der Waals surface area contributed by atoms with Crippen molar-refractivity contribution in [1.29, 1.82) is 0 Å². The van der Waals surface area contributed by atoms with E-state index in [-0.39, 0.29) is 23.7 Å². The quantitative estimate of drug-likeness (QED) is 0.600. The van der Waals surface area contributed by atoms with E-state index in [1.807, 2.05) is 61.4 Å². The zero-order chi connectivity index (χ0) is 23.5. The second kappa shape index (κ2) is 9.68. The summed E-state index contributed by atoms with van der Waals surface area (Å²) in [5, 5.41) is 7.78. The average molecular weight is 449 g/mol. The van der Waals surface area contributed by atoms with Crippen molar-refractivity contribution in [3.05, 3.63) is 58.8 Å². The average Bonchev–Trinajstić information content (AvgIpc) is 3.45. The highest BCUT2D eigenvalue weighted by atomic mass is 16.2. The summed E-state index contributed by atoms with van der Waals surface area (Å²) in [6.45, 7) is 9.81. The molecule has 0 bridgehead atoms. The van der Waals surface area contributed by atoms with E-state index < -0.39 is 0 Å². The number of carbonyl (C=O) groups excluding carboxylic acids is 2. The van der Waals surface area contributed by atoms with Crippen LogP contribution in [0.1, 0.15) is 60.9 Å². The van der Waals surface area contributed by atoms with Crippen LogP contribution in [-0.2, 0) is 22.6 Å². The molecule has 1 fully saturated rings. The molecule has 33 heavy (non-hydrogen) atoms. The third kappa shape index (κ3) is 5.05. The van der Waals surface area contributed by atoms with E-state index in [1.54, 1.807) is 6.20 Å². The number of pyridine rings is 1. The van der Waals surface area contributed by atoms with Crippen molar-refractivity contribution >= 4 is 17.5 Å². The van der Waals surface area contributed by atoms with Gasteiger partial charge in [-0.2, -0.15) is 5.10 Å². The van der Waals surface area contributed by atoms with Crippen LogP contribution in [-0.4, -0.2) is 49.4 Å². The SMILES string of the molecule is Cc1nc2cc([C@@H]3CCN(C(=O)C(C)C)C3)nn2c(C)c1CCC(=O)NCc1ccccn1. The minimum absolute atomic E-state index is 0.0124. The Morgan fingerprint density at radius 3 is 2.79 bits per heavy atom. The van der Waals surface area contributed by atoms with Crippen LogP contribution in [0.4, 0.5) is 0 Å². The van der Waals surface area contributed by atoms with Crippen molar-refractivity contribution in [3.8, 4) is 0 Å². The largest absolute Gasteiger partial charge is 0.350 e. The standard InChI is InChI=1S/C25H32N6O2/c1-16(2)25(33)30-12-10-19(15-30)22-13-23-28-17(3)21(18(4)31(23)29-22)8-9-24(32)27-14-20-7-5-6-11-26-20/h5-7,11,13,16,19H,8-10,12,14-15H2,1-4H3,(H,27,32)/t19-/m1/s1. The van der Waals surface area contributed by atoms with E-state index >= 15 is 0 Å². The van der Waals surface area contributed by atoms with Crippen LogP contribution in [0.25, 0.3) is 5.65 Å². The molecule has 4 heterocycles. The Hall–Kier alpha value is -3.29. The molecule has 0 aromatic carbocycles. The number of aryl methyl sites for hydroxylation is 2. The molecule has 1 atom stereocenters. The molecule has 8 heteroatoms. The van der Waals surface area contributed by atoms with Crippen LogP contribution < -0.4 is 5.32 Å². The second-order valence-corrected chi connectivity index (χ2v) is 9.12. The van der Waals surface area contributed by atoms with E-state index in [4.69, 9.17) is 10.1 Å².